The molecule has 2 N–H and O–H groups in total. The summed E-state index contributed by atoms with van der Waals surface area (Å²) in [6.07, 6.45) is -3.94. The monoisotopic (exact) mass is 318 g/mol. The van der Waals surface area contributed by atoms with Gasteiger partial charge in [0, 0.05) is 24.4 Å². The van der Waals surface area contributed by atoms with E-state index >= 15 is 0 Å². The first-order valence-electron chi connectivity index (χ1n) is 6.97. The fourth-order valence-corrected chi connectivity index (χ4v) is 2.75. The maximum absolute atomic E-state index is 12.8. The number of alkyl halides is 3. The van der Waals surface area contributed by atoms with Crippen LogP contribution in [0.3, 0.4) is 0 Å². The number of nitrogens with one attached hydrogen (secondary N) is 1. The van der Waals surface area contributed by atoms with Gasteiger partial charge in [-0.05, 0) is 37.8 Å². The Morgan fingerprint density at radius 3 is 2.55 bits per heavy atom. The topological polar surface area (TPSA) is 75.4 Å². The third-order valence-corrected chi connectivity index (χ3v) is 3.98. The second-order valence-corrected chi connectivity index (χ2v) is 5.72. The lowest BCUT2D eigenvalue weighted by Crippen LogP contribution is -2.45. The quantitative estimate of drug-likeness (QED) is 0.658. The Kier molecular flexibility index (Phi) is 4.60. The van der Waals surface area contributed by atoms with Crippen LogP contribution >= 0.6 is 0 Å². The van der Waals surface area contributed by atoms with Crippen LogP contribution in [0.5, 0.6) is 0 Å². The normalized spacial score (nSPS) is 25.7. The fourth-order valence-electron chi connectivity index (χ4n) is 2.75. The molecular weight excluding hydrogens is 301 g/mol. The maximum Gasteiger partial charge on any atom is 0.391 e. The van der Waals surface area contributed by atoms with Gasteiger partial charge in [-0.3, -0.25) is 10.1 Å². The minimum Gasteiger partial charge on any atom is -0.388 e. The lowest BCUT2D eigenvalue weighted by Gasteiger charge is -2.37. The van der Waals surface area contributed by atoms with Gasteiger partial charge in [-0.25, -0.2) is 0 Å². The Morgan fingerprint density at radius 2 is 2.00 bits per heavy atom. The highest BCUT2D eigenvalue weighted by Crippen LogP contribution is 2.41. The maximum atomic E-state index is 12.8. The SMILES string of the molecule is O=[N+]([O-])c1ccc(NCC2(O)CCCC(C(F)(F)F)C2)cc1. The number of hydrogen-bond donors (Lipinski definition) is 2. The number of aliphatic hydroxyl groups is 1. The molecule has 1 aromatic carbocycles. The van der Waals surface area contributed by atoms with Crippen molar-refractivity contribution in [1.29, 1.82) is 0 Å². The molecule has 5 nitrogen and oxygen atoms in total. The summed E-state index contributed by atoms with van der Waals surface area (Å²) in [4.78, 5) is 10.0. The number of rotatable bonds is 4. The molecule has 0 saturated heterocycles. The lowest BCUT2D eigenvalue weighted by molar-refractivity contribution is -0.384. The van der Waals surface area contributed by atoms with Crippen molar-refractivity contribution in [3.63, 3.8) is 0 Å². The van der Waals surface area contributed by atoms with Crippen molar-refractivity contribution in [2.75, 3.05) is 11.9 Å². The molecule has 0 spiro atoms. The van der Waals surface area contributed by atoms with E-state index in [2.05, 4.69) is 5.32 Å². The van der Waals surface area contributed by atoms with E-state index in [0.717, 1.165) is 0 Å². The minimum absolute atomic E-state index is 0.0165. The second kappa shape index (κ2) is 6.12. The molecule has 0 aliphatic heterocycles. The summed E-state index contributed by atoms with van der Waals surface area (Å²) in [6.45, 7) is -0.0165. The second-order valence-electron chi connectivity index (χ2n) is 5.72. The average molecular weight is 318 g/mol. The van der Waals surface area contributed by atoms with Crippen molar-refractivity contribution >= 4 is 11.4 Å². The van der Waals surface area contributed by atoms with E-state index < -0.39 is 22.6 Å². The van der Waals surface area contributed by atoms with E-state index in [9.17, 15) is 28.4 Å². The number of nitrogens with zero attached hydrogens (tertiary/aromatic N) is 1. The highest BCUT2D eigenvalue weighted by molar-refractivity contribution is 5.48. The fraction of sp³-hybridized carbons (Fsp3) is 0.571. The first-order chi connectivity index (χ1) is 10.2. The van der Waals surface area contributed by atoms with Crippen LogP contribution in [0, 0.1) is 16.0 Å². The van der Waals surface area contributed by atoms with Crippen molar-refractivity contribution in [3.8, 4) is 0 Å². The Hall–Kier alpha value is -1.83. The summed E-state index contributed by atoms with van der Waals surface area (Å²) in [7, 11) is 0. The zero-order valence-corrected chi connectivity index (χ0v) is 11.8. The third-order valence-electron chi connectivity index (χ3n) is 3.98. The van der Waals surface area contributed by atoms with Crippen LogP contribution in [0.1, 0.15) is 25.7 Å². The van der Waals surface area contributed by atoms with Gasteiger partial charge < -0.3 is 10.4 Å². The van der Waals surface area contributed by atoms with Gasteiger partial charge in [-0.1, -0.05) is 0 Å². The van der Waals surface area contributed by atoms with E-state index in [1.165, 1.54) is 24.3 Å². The van der Waals surface area contributed by atoms with Gasteiger partial charge in [0.2, 0.25) is 0 Å². The van der Waals surface area contributed by atoms with Crippen molar-refractivity contribution in [1.82, 2.24) is 0 Å². The summed E-state index contributed by atoms with van der Waals surface area (Å²) in [5.74, 6) is -1.48. The molecule has 2 unspecified atom stereocenters. The number of non-ortho nitro benzene ring substituents is 1. The Morgan fingerprint density at radius 1 is 1.36 bits per heavy atom. The number of nitro benzene ring substituents is 1. The van der Waals surface area contributed by atoms with Gasteiger partial charge in [0.1, 0.15) is 0 Å². The zero-order valence-electron chi connectivity index (χ0n) is 11.8. The molecule has 0 amide bonds. The number of hydrogen-bond acceptors (Lipinski definition) is 4. The third kappa shape index (κ3) is 4.09. The Labute approximate surface area is 125 Å². The van der Waals surface area contributed by atoms with Crippen molar-refractivity contribution < 1.29 is 23.2 Å². The molecule has 0 aromatic heterocycles. The molecule has 2 rings (SSSR count). The minimum atomic E-state index is -4.29. The molecule has 0 bridgehead atoms. The largest absolute Gasteiger partial charge is 0.391 e. The molecule has 22 heavy (non-hydrogen) atoms. The predicted octanol–water partition coefficient (Wildman–Crippen LogP) is 3.49. The van der Waals surface area contributed by atoms with Crippen molar-refractivity contribution in [3.05, 3.63) is 34.4 Å². The van der Waals surface area contributed by atoms with Crippen LogP contribution < -0.4 is 5.32 Å². The highest BCUT2D eigenvalue weighted by atomic mass is 19.4. The summed E-state index contributed by atoms with van der Waals surface area (Å²) in [5, 5.41) is 23.7. The number of nitro groups is 1. The summed E-state index contributed by atoms with van der Waals surface area (Å²) in [6, 6.07) is 5.52. The standard InChI is InChI=1S/C14H17F3N2O3/c15-14(16,17)10-2-1-7-13(20,8-10)9-18-11-3-5-12(6-4-11)19(21)22/h3-6,10,18,20H,1-2,7-9H2. The first kappa shape index (κ1) is 16.5. The molecule has 8 heteroatoms. The zero-order chi connectivity index (χ0) is 16.4. The lowest BCUT2D eigenvalue weighted by atomic mass is 9.77. The van der Waals surface area contributed by atoms with Gasteiger partial charge in [0.25, 0.3) is 5.69 Å². The first-order valence-corrected chi connectivity index (χ1v) is 6.97. The average Bonchev–Trinajstić information content (AvgIpc) is 2.45. The van der Waals surface area contributed by atoms with E-state index in [-0.39, 0.29) is 25.1 Å². The summed E-state index contributed by atoms with van der Waals surface area (Å²) < 4.78 is 38.3. The molecule has 1 fully saturated rings. The number of anilines is 1. The molecule has 122 valence electrons. The molecule has 0 radical (unpaired) electrons. The molecule has 1 aliphatic carbocycles. The van der Waals surface area contributed by atoms with Crippen LogP contribution in [0.25, 0.3) is 0 Å². The van der Waals surface area contributed by atoms with Gasteiger partial charge in [0.15, 0.2) is 0 Å². The van der Waals surface area contributed by atoms with Crippen LogP contribution in [-0.4, -0.2) is 28.4 Å². The molecule has 1 aliphatic rings. The Balaban J connectivity index is 1.96. The number of benzene rings is 1. The van der Waals surface area contributed by atoms with Gasteiger partial charge in [0.05, 0.1) is 16.4 Å². The van der Waals surface area contributed by atoms with Crippen molar-refractivity contribution in [2.24, 2.45) is 5.92 Å². The van der Waals surface area contributed by atoms with Gasteiger partial charge in [-0.15, -0.1) is 0 Å². The van der Waals surface area contributed by atoms with Crippen molar-refractivity contribution in [2.45, 2.75) is 37.5 Å². The predicted molar refractivity (Wildman–Crippen MR) is 74.5 cm³/mol. The van der Waals surface area contributed by atoms with E-state index in [0.29, 0.717) is 18.5 Å². The van der Waals surface area contributed by atoms with Crippen LogP contribution in [0.2, 0.25) is 0 Å². The highest BCUT2D eigenvalue weighted by Gasteiger charge is 2.46. The smallest absolute Gasteiger partial charge is 0.388 e. The van der Waals surface area contributed by atoms with E-state index in [1.807, 2.05) is 0 Å². The van der Waals surface area contributed by atoms with E-state index in [4.69, 9.17) is 0 Å². The molecule has 1 aromatic rings. The summed E-state index contributed by atoms with van der Waals surface area (Å²) in [5.41, 5.74) is -0.965. The van der Waals surface area contributed by atoms with E-state index in [1.54, 1.807) is 0 Å². The summed E-state index contributed by atoms with van der Waals surface area (Å²) >= 11 is 0. The molecule has 0 heterocycles. The van der Waals surface area contributed by atoms with Gasteiger partial charge in [-0.2, -0.15) is 13.2 Å². The van der Waals surface area contributed by atoms with Gasteiger partial charge >= 0.3 is 6.18 Å². The van der Waals surface area contributed by atoms with Crippen LogP contribution in [-0.2, 0) is 0 Å². The molecule has 2 atom stereocenters. The Bertz CT molecular complexity index is 533. The molecule has 1 saturated carbocycles. The van der Waals surface area contributed by atoms with Crippen LogP contribution in [0.4, 0.5) is 24.5 Å². The number of halogens is 3. The van der Waals surface area contributed by atoms with Crippen LogP contribution in [0.15, 0.2) is 24.3 Å². The molecular formula is C14H17F3N2O3.